The lowest BCUT2D eigenvalue weighted by Gasteiger charge is -2.13. The second kappa shape index (κ2) is 6.96. The van der Waals surface area contributed by atoms with Crippen LogP contribution in [-0.2, 0) is 17.6 Å². The number of carboxylic acids is 1. The number of aromatic amines is 2. The van der Waals surface area contributed by atoms with Crippen molar-refractivity contribution in [2.24, 2.45) is 0 Å². The van der Waals surface area contributed by atoms with Gasteiger partial charge >= 0.3 is 13.1 Å². The Morgan fingerprint density at radius 3 is 2.64 bits per heavy atom. The number of ketones is 1. The Labute approximate surface area is 124 Å². The first-order valence-corrected chi connectivity index (χ1v) is 6.47. The van der Waals surface area contributed by atoms with Gasteiger partial charge in [-0.25, -0.2) is 4.79 Å². The maximum atomic E-state index is 11.9. The van der Waals surface area contributed by atoms with Crippen LogP contribution < -0.4 is 0 Å². The van der Waals surface area contributed by atoms with E-state index in [0.29, 0.717) is 5.69 Å². The van der Waals surface area contributed by atoms with Gasteiger partial charge in [0.05, 0.1) is 6.42 Å². The monoisotopic (exact) mass is 307 g/mol. The molecule has 2 aromatic rings. The summed E-state index contributed by atoms with van der Waals surface area (Å²) in [7, 11) is -1.70. The fourth-order valence-electron chi connectivity index (χ4n) is 2.05. The van der Waals surface area contributed by atoms with Crippen LogP contribution in [0.25, 0.3) is 0 Å². The Balaban J connectivity index is 1.97. The van der Waals surface area contributed by atoms with Crippen molar-refractivity contribution in [3.05, 3.63) is 29.3 Å². The summed E-state index contributed by atoms with van der Waals surface area (Å²) in [5.74, 6) is -1.92. The molecule has 2 aromatic heterocycles. The molecule has 0 aliphatic carbocycles. The van der Waals surface area contributed by atoms with Crippen molar-refractivity contribution in [1.29, 1.82) is 0 Å². The van der Waals surface area contributed by atoms with Gasteiger partial charge in [0.2, 0.25) is 0 Å². The number of carbonyl (C=O) groups excluding carboxylic acids is 1. The van der Waals surface area contributed by atoms with Gasteiger partial charge in [-0.05, 0) is 18.6 Å². The summed E-state index contributed by atoms with van der Waals surface area (Å²) in [6.45, 7) is 0. The van der Waals surface area contributed by atoms with Crippen molar-refractivity contribution in [2.45, 2.75) is 25.1 Å². The molecule has 10 nitrogen and oxygen atoms in total. The first-order valence-electron chi connectivity index (χ1n) is 6.47. The van der Waals surface area contributed by atoms with Crippen LogP contribution in [0.4, 0.5) is 0 Å². The Morgan fingerprint density at radius 2 is 2.09 bits per heavy atom. The van der Waals surface area contributed by atoms with E-state index in [2.05, 4.69) is 25.6 Å². The number of H-pyrrole nitrogens is 2. The molecule has 116 valence electrons. The molecule has 0 radical (unpaired) electrons. The minimum absolute atomic E-state index is 0.000645. The van der Waals surface area contributed by atoms with Crippen molar-refractivity contribution >= 4 is 18.9 Å². The lowest BCUT2D eigenvalue weighted by Crippen LogP contribution is -2.25. The van der Waals surface area contributed by atoms with E-state index in [0.717, 1.165) is 0 Å². The van der Waals surface area contributed by atoms with Crippen molar-refractivity contribution < 1.29 is 24.7 Å². The fourth-order valence-corrected chi connectivity index (χ4v) is 2.05. The van der Waals surface area contributed by atoms with Crippen LogP contribution in [-0.4, -0.2) is 59.6 Å². The highest BCUT2D eigenvalue weighted by Crippen LogP contribution is 2.20. The maximum Gasteiger partial charge on any atom is 0.455 e. The summed E-state index contributed by atoms with van der Waals surface area (Å²) in [5, 5.41) is 40.5. The van der Waals surface area contributed by atoms with Crippen molar-refractivity contribution in [3.8, 4) is 0 Å². The van der Waals surface area contributed by atoms with E-state index >= 15 is 0 Å². The van der Waals surface area contributed by atoms with Crippen LogP contribution in [0.3, 0.4) is 0 Å². The molecule has 0 fully saturated rings. The number of nitrogens with one attached hydrogen (secondary N) is 2. The Bertz CT molecular complexity index is 641. The number of tetrazole rings is 1. The number of hydrogen-bond donors (Lipinski definition) is 5. The molecule has 0 spiro atoms. The zero-order chi connectivity index (χ0) is 16.1. The van der Waals surface area contributed by atoms with Gasteiger partial charge in [0.15, 0.2) is 5.82 Å². The summed E-state index contributed by atoms with van der Waals surface area (Å²) in [6.07, 6.45) is -0.0403. The van der Waals surface area contributed by atoms with Gasteiger partial charge in [0.1, 0.15) is 11.5 Å². The van der Waals surface area contributed by atoms with E-state index in [1.807, 2.05) is 0 Å². The lowest BCUT2D eigenvalue weighted by molar-refractivity contribution is -0.118. The second-order valence-electron chi connectivity index (χ2n) is 4.83. The molecular weight excluding hydrogens is 293 g/mol. The summed E-state index contributed by atoms with van der Waals surface area (Å²) < 4.78 is 0. The number of nitrogens with zero attached hydrogens (tertiary/aromatic N) is 3. The predicted octanol–water partition coefficient (Wildman–Crippen LogP) is -1.19. The normalized spacial score (nSPS) is 12.1. The molecule has 5 N–H and O–H groups in total. The van der Waals surface area contributed by atoms with Crippen molar-refractivity contribution in [1.82, 2.24) is 25.6 Å². The third kappa shape index (κ3) is 4.23. The van der Waals surface area contributed by atoms with Gasteiger partial charge in [-0.1, -0.05) is 5.21 Å². The molecular formula is C11H14BN5O5. The minimum Gasteiger partial charge on any atom is -0.477 e. The molecule has 0 unspecified atom stereocenters. The lowest BCUT2D eigenvalue weighted by atomic mass is 9.67. The Hall–Kier alpha value is -2.53. The second-order valence-corrected chi connectivity index (χ2v) is 4.83. The van der Waals surface area contributed by atoms with Crippen molar-refractivity contribution in [3.63, 3.8) is 0 Å². The fraction of sp³-hybridized carbons (Fsp3) is 0.364. The van der Waals surface area contributed by atoms with Crippen molar-refractivity contribution in [2.75, 3.05) is 0 Å². The Morgan fingerprint density at radius 1 is 1.32 bits per heavy atom. The number of aromatic nitrogens is 5. The highest BCUT2D eigenvalue weighted by atomic mass is 16.4. The molecule has 0 aromatic carbocycles. The zero-order valence-electron chi connectivity index (χ0n) is 11.4. The highest BCUT2D eigenvalue weighted by molar-refractivity contribution is 6.43. The first kappa shape index (κ1) is 15.9. The van der Waals surface area contributed by atoms with Crippen LogP contribution in [0.2, 0.25) is 5.82 Å². The molecule has 2 rings (SSSR count). The predicted molar refractivity (Wildman–Crippen MR) is 72.9 cm³/mol. The molecule has 0 saturated carbocycles. The molecule has 11 heteroatoms. The van der Waals surface area contributed by atoms with E-state index < -0.39 is 18.9 Å². The van der Waals surface area contributed by atoms with Crippen LogP contribution in [0, 0.1) is 0 Å². The summed E-state index contributed by atoms with van der Waals surface area (Å²) in [6, 6.07) is 2.90. The molecule has 0 aliphatic heterocycles. The van der Waals surface area contributed by atoms with E-state index in [1.54, 1.807) is 0 Å². The number of carbonyl (C=O) groups is 2. The largest absolute Gasteiger partial charge is 0.477 e. The first-order chi connectivity index (χ1) is 10.5. The molecule has 1 atom stereocenters. The SMILES string of the molecule is O=C(Cc1nn[nH]n1)C[C@@H](Cc1ccc(C(=O)O)[nH]1)B(O)O. The number of Topliss-reactive ketones (excluding diaryl/α,β-unsaturated/α-hetero) is 1. The topological polar surface area (TPSA) is 165 Å². The summed E-state index contributed by atoms with van der Waals surface area (Å²) in [4.78, 5) is 25.3. The average molecular weight is 307 g/mol. The Kier molecular flexibility index (Phi) is 5.01. The zero-order valence-corrected chi connectivity index (χ0v) is 11.4. The van der Waals surface area contributed by atoms with Crippen LogP contribution in [0.1, 0.15) is 28.4 Å². The van der Waals surface area contributed by atoms with E-state index in [-0.39, 0.29) is 36.6 Å². The molecule has 0 bridgehead atoms. The van der Waals surface area contributed by atoms with Gasteiger partial charge in [-0.2, -0.15) is 5.21 Å². The van der Waals surface area contributed by atoms with Gasteiger partial charge < -0.3 is 20.1 Å². The standard InChI is InChI=1S/C11H14BN5O5/c18-8(5-10-14-16-17-15-10)4-6(12(21)22)3-7-1-2-9(13-7)11(19)20/h1-2,6,13,21-22H,3-5H2,(H,19,20)(H,14,15,16,17)/t6-/m1/s1. The number of carboxylic acid groups (broad SMARTS) is 1. The summed E-state index contributed by atoms with van der Waals surface area (Å²) in [5.41, 5.74) is 0.502. The van der Waals surface area contributed by atoms with Crippen LogP contribution >= 0.6 is 0 Å². The highest BCUT2D eigenvalue weighted by Gasteiger charge is 2.27. The third-order valence-electron chi connectivity index (χ3n) is 3.11. The van der Waals surface area contributed by atoms with Gasteiger partial charge in [-0.3, -0.25) is 4.79 Å². The molecule has 0 aliphatic rings. The van der Waals surface area contributed by atoms with Crippen LogP contribution in [0.15, 0.2) is 12.1 Å². The maximum absolute atomic E-state index is 11.9. The quantitative estimate of drug-likeness (QED) is 0.380. The van der Waals surface area contributed by atoms with Gasteiger partial charge in [-0.15, -0.1) is 10.2 Å². The summed E-state index contributed by atoms with van der Waals surface area (Å²) >= 11 is 0. The molecule has 0 amide bonds. The van der Waals surface area contributed by atoms with Gasteiger partial charge in [0, 0.05) is 17.9 Å². The molecule has 0 saturated heterocycles. The van der Waals surface area contributed by atoms with E-state index in [9.17, 15) is 19.6 Å². The number of aromatic carboxylic acids is 1. The van der Waals surface area contributed by atoms with E-state index in [4.69, 9.17) is 5.11 Å². The molecule has 22 heavy (non-hydrogen) atoms. The molecule has 2 heterocycles. The average Bonchev–Trinajstić information content (AvgIpc) is 3.09. The number of rotatable bonds is 8. The van der Waals surface area contributed by atoms with Gasteiger partial charge in [0.25, 0.3) is 0 Å². The minimum atomic E-state index is -1.70. The van der Waals surface area contributed by atoms with E-state index in [1.165, 1.54) is 12.1 Å². The smallest absolute Gasteiger partial charge is 0.455 e. The number of hydrogen-bond acceptors (Lipinski definition) is 7. The third-order valence-corrected chi connectivity index (χ3v) is 3.11. The van der Waals surface area contributed by atoms with Crippen LogP contribution in [0.5, 0.6) is 0 Å².